The molecule has 8 heteroatoms. The second-order valence-corrected chi connectivity index (χ2v) is 7.80. The number of rotatable bonds is 4. The van der Waals surface area contributed by atoms with Gasteiger partial charge in [-0.05, 0) is 12.1 Å². The summed E-state index contributed by atoms with van der Waals surface area (Å²) >= 11 is 1.50. The third kappa shape index (κ3) is 3.01. The van der Waals surface area contributed by atoms with Crippen LogP contribution in [0, 0.1) is 0 Å². The molecule has 1 aliphatic rings. The molecule has 1 aliphatic heterocycles. The van der Waals surface area contributed by atoms with Crippen LogP contribution < -0.4 is 14.4 Å². The maximum atomic E-state index is 10.8. The van der Waals surface area contributed by atoms with Gasteiger partial charge in [0.15, 0.2) is 0 Å². The van der Waals surface area contributed by atoms with Crippen molar-refractivity contribution < 1.29 is 14.6 Å². The quantitative estimate of drug-likeness (QED) is 0.557. The molecule has 2 aromatic heterocycles. The zero-order chi connectivity index (χ0) is 20.0. The molecule has 7 nitrogen and oxygen atoms in total. The number of nitrogens with zero attached hydrogens (tertiary/aromatic N) is 4. The number of aliphatic hydroxyl groups excluding tert-OH is 1. The molecule has 0 saturated carbocycles. The van der Waals surface area contributed by atoms with Gasteiger partial charge in [0.1, 0.15) is 17.6 Å². The summed E-state index contributed by atoms with van der Waals surface area (Å²) in [5.41, 5.74) is 3.66. The Morgan fingerprint density at radius 1 is 1.07 bits per heavy atom. The van der Waals surface area contributed by atoms with Crippen molar-refractivity contribution in [3.63, 3.8) is 0 Å². The maximum absolute atomic E-state index is 10.8. The normalized spacial score (nSPS) is 16.1. The van der Waals surface area contributed by atoms with Gasteiger partial charge in [-0.1, -0.05) is 41.7 Å². The topological polar surface area (TPSA) is 72.1 Å². The van der Waals surface area contributed by atoms with Gasteiger partial charge in [-0.15, -0.1) is 5.10 Å². The SMILES string of the molecule is COc1ccc(OC)c2c1CN(c1nn3cc(-c4ccccc4)nc3s1)CC2O. The van der Waals surface area contributed by atoms with E-state index in [1.54, 1.807) is 18.7 Å². The van der Waals surface area contributed by atoms with E-state index in [0.717, 1.165) is 38.2 Å². The highest BCUT2D eigenvalue weighted by molar-refractivity contribution is 7.20. The van der Waals surface area contributed by atoms with E-state index in [1.165, 1.54) is 11.3 Å². The van der Waals surface area contributed by atoms with Gasteiger partial charge in [0.2, 0.25) is 10.1 Å². The lowest BCUT2D eigenvalue weighted by Gasteiger charge is -2.33. The van der Waals surface area contributed by atoms with Crippen LogP contribution in [0.15, 0.2) is 48.7 Å². The molecule has 148 valence electrons. The number of ether oxygens (including phenoxy) is 2. The van der Waals surface area contributed by atoms with Crippen molar-refractivity contribution in [1.29, 1.82) is 0 Å². The summed E-state index contributed by atoms with van der Waals surface area (Å²) in [6.45, 7) is 1.01. The number of fused-ring (bicyclic) bond motifs is 2. The molecule has 5 rings (SSSR count). The first-order valence-corrected chi connectivity index (χ1v) is 10.1. The van der Waals surface area contributed by atoms with Gasteiger partial charge in [-0.25, -0.2) is 9.50 Å². The fraction of sp³-hybridized carbons (Fsp3) is 0.238. The van der Waals surface area contributed by atoms with Crippen LogP contribution in [-0.2, 0) is 6.54 Å². The van der Waals surface area contributed by atoms with Crippen LogP contribution in [0.5, 0.6) is 11.5 Å². The van der Waals surface area contributed by atoms with Crippen LogP contribution in [0.1, 0.15) is 17.2 Å². The second-order valence-electron chi connectivity index (χ2n) is 6.86. The van der Waals surface area contributed by atoms with Crippen LogP contribution in [0.3, 0.4) is 0 Å². The lowest BCUT2D eigenvalue weighted by molar-refractivity contribution is 0.169. The minimum atomic E-state index is -0.695. The van der Waals surface area contributed by atoms with Crippen LogP contribution >= 0.6 is 11.3 Å². The number of benzene rings is 2. The van der Waals surface area contributed by atoms with Crippen molar-refractivity contribution in [1.82, 2.24) is 14.6 Å². The average molecular weight is 408 g/mol. The molecule has 4 aromatic rings. The van der Waals surface area contributed by atoms with Crippen molar-refractivity contribution in [3.05, 3.63) is 59.8 Å². The van der Waals surface area contributed by atoms with Crippen LogP contribution in [0.4, 0.5) is 5.13 Å². The van der Waals surface area contributed by atoms with Crippen molar-refractivity contribution in [3.8, 4) is 22.8 Å². The van der Waals surface area contributed by atoms with Gasteiger partial charge >= 0.3 is 0 Å². The molecule has 1 N–H and O–H groups in total. The highest BCUT2D eigenvalue weighted by Gasteiger charge is 2.31. The summed E-state index contributed by atoms with van der Waals surface area (Å²) in [7, 11) is 3.25. The van der Waals surface area contributed by atoms with E-state index >= 15 is 0 Å². The zero-order valence-electron chi connectivity index (χ0n) is 16.1. The molecule has 0 spiro atoms. The molecule has 1 atom stereocenters. The van der Waals surface area contributed by atoms with E-state index in [2.05, 4.69) is 4.90 Å². The summed E-state index contributed by atoms with van der Waals surface area (Å²) in [5.74, 6) is 1.41. The molecule has 3 heterocycles. The number of aliphatic hydroxyl groups is 1. The van der Waals surface area contributed by atoms with Crippen molar-refractivity contribution in [2.45, 2.75) is 12.6 Å². The number of hydrogen-bond donors (Lipinski definition) is 1. The zero-order valence-corrected chi connectivity index (χ0v) is 16.9. The van der Waals surface area contributed by atoms with Gasteiger partial charge in [0.25, 0.3) is 0 Å². The lowest BCUT2D eigenvalue weighted by Crippen LogP contribution is -2.34. The lowest BCUT2D eigenvalue weighted by atomic mass is 9.95. The standard InChI is InChI=1S/C21H20N4O3S/c1-27-17-8-9-18(28-2)19-14(17)10-24(12-16(19)26)21-23-25-11-15(22-20(25)29-21)13-6-4-3-5-7-13/h3-9,11,16,26H,10,12H2,1-2H3. The number of β-amino-alcohol motifs (C(OH)–C–C–N with tert-alkyl or cyclic N) is 1. The Labute approximate surface area is 171 Å². The van der Waals surface area contributed by atoms with Crippen molar-refractivity contribution in [2.75, 3.05) is 25.7 Å². The Balaban J connectivity index is 1.49. The fourth-order valence-electron chi connectivity index (χ4n) is 3.79. The Morgan fingerprint density at radius 2 is 1.83 bits per heavy atom. The van der Waals surface area contributed by atoms with E-state index in [1.807, 2.05) is 48.7 Å². The summed E-state index contributed by atoms with van der Waals surface area (Å²) in [6.07, 6.45) is 1.24. The van der Waals surface area contributed by atoms with Gasteiger partial charge in [-0.3, -0.25) is 0 Å². The van der Waals surface area contributed by atoms with Gasteiger partial charge in [-0.2, -0.15) is 0 Å². The van der Waals surface area contributed by atoms with Crippen LogP contribution in [0.2, 0.25) is 0 Å². The minimum Gasteiger partial charge on any atom is -0.496 e. The number of aromatic nitrogens is 3. The highest BCUT2D eigenvalue weighted by atomic mass is 32.1. The Bertz CT molecular complexity index is 1140. The molecule has 0 amide bonds. The summed E-state index contributed by atoms with van der Waals surface area (Å²) in [5, 5.41) is 16.3. The first-order chi connectivity index (χ1) is 14.2. The molecule has 0 aliphatic carbocycles. The third-order valence-electron chi connectivity index (χ3n) is 5.16. The summed E-state index contributed by atoms with van der Waals surface area (Å²) in [4.78, 5) is 7.58. The predicted molar refractivity (Wildman–Crippen MR) is 112 cm³/mol. The number of anilines is 1. The summed E-state index contributed by atoms with van der Waals surface area (Å²) < 4.78 is 12.8. The van der Waals surface area contributed by atoms with Crippen molar-refractivity contribution >= 4 is 21.4 Å². The Kier molecular flexibility index (Phi) is 4.37. The van der Waals surface area contributed by atoms with E-state index in [-0.39, 0.29) is 0 Å². The molecule has 0 radical (unpaired) electrons. The van der Waals surface area contributed by atoms with E-state index in [4.69, 9.17) is 19.6 Å². The van der Waals surface area contributed by atoms with Crippen LogP contribution in [-0.4, -0.2) is 40.5 Å². The maximum Gasteiger partial charge on any atom is 0.214 e. The van der Waals surface area contributed by atoms with Crippen molar-refractivity contribution in [2.24, 2.45) is 0 Å². The smallest absolute Gasteiger partial charge is 0.214 e. The monoisotopic (exact) mass is 408 g/mol. The van der Waals surface area contributed by atoms with E-state index in [0.29, 0.717) is 18.8 Å². The van der Waals surface area contributed by atoms with Gasteiger partial charge in [0, 0.05) is 23.2 Å². The number of methoxy groups -OCH3 is 2. The molecule has 0 bridgehead atoms. The average Bonchev–Trinajstić information content (AvgIpc) is 3.33. The largest absolute Gasteiger partial charge is 0.496 e. The minimum absolute atomic E-state index is 0.429. The number of hydrogen-bond acceptors (Lipinski definition) is 7. The number of imidazole rings is 1. The predicted octanol–water partition coefficient (Wildman–Crippen LogP) is 3.53. The molecule has 29 heavy (non-hydrogen) atoms. The van der Waals surface area contributed by atoms with E-state index < -0.39 is 6.10 Å². The highest BCUT2D eigenvalue weighted by Crippen LogP contribution is 2.41. The Hall–Kier alpha value is -3.10. The van der Waals surface area contributed by atoms with E-state index in [9.17, 15) is 5.11 Å². The molecular formula is C21H20N4O3S. The molecule has 0 fully saturated rings. The fourth-order valence-corrected chi connectivity index (χ4v) is 4.68. The first kappa shape index (κ1) is 18.0. The van der Waals surface area contributed by atoms with Gasteiger partial charge in [0.05, 0.1) is 32.7 Å². The summed E-state index contributed by atoms with van der Waals surface area (Å²) in [6, 6.07) is 13.7. The van der Waals surface area contributed by atoms with Gasteiger partial charge < -0.3 is 19.5 Å². The first-order valence-electron chi connectivity index (χ1n) is 9.26. The molecule has 1 unspecified atom stereocenters. The molecular weight excluding hydrogens is 388 g/mol. The second kappa shape index (κ2) is 7.06. The molecule has 0 saturated heterocycles. The third-order valence-corrected chi connectivity index (χ3v) is 6.15. The Morgan fingerprint density at radius 3 is 2.55 bits per heavy atom. The van der Waals surface area contributed by atoms with Crippen LogP contribution in [0.25, 0.3) is 16.2 Å². The molecule has 2 aromatic carbocycles.